The Kier molecular flexibility index (Phi) is 14.8. The van der Waals surface area contributed by atoms with Gasteiger partial charge in [-0.25, -0.2) is 9.59 Å². The molecule has 2 fully saturated rings. The Morgan fingerprint density at radius 2 is 1.76 bits per heavy atom. The van der Waals surface area contributed by atoms with Gasteiger partial charge in [0.1, 0.15) is 18.3 Å². The summed E-state index contributed by atoms with van der Waals surface area (Å²) in [6.45, 7) is 5.19. The molecule has 0 aromatic rings. The lowest BCUT2D eigenvalue weighted by Gasteiger charge is -2.23. The first-order chi connectivity index (χ1) is 22.1. The summed E-state index contributed by atoms with van der Waals surface area (Å²) in [6, 6.07) is 0. The summed E-state index contributed by atoms with van der Waals surface area (Å²) in [7, 11) is 0. The SMILES string of the molecule is CCCCCCCC(=O)OCC/C=C/[C@@H]1O[C@H]2[C@@H](OC(=O)/C=C\C=C\C(=O)NC(=O)/C=C(/C)CC[C@H]3O[C@H]23)[C@H]1OC(=O)NC(C)=O. The van der Waals surface area contributed by atoms with Crippen LogP contribution in [0.15, 0.2) is 48.1 Å². The molecule has 0 saturated carbocycles. The number of nitrogens with one attached hydrogen (secondary N) is 2. The third kappa shape index (κ3) is 12.7. The molecule has 3 aliphatic rings. The highest BCUT2D eigenvalue weighted by molar-refractivity contribution is 6.05. The zero-order valence-electron chi connectivity index (χ0n) is 26.6. The molecule has 3 aliphatic heterocycles. The number of epoxide rings is 1. The van der Waals surface area contributed by atoms with E-state index in [1.54, 1.807) is 19.1 Å². The summed E-state index contributed by atoms with van der Waals surface area (Å²) < 4.78 is 28.7. The number of imide groups is 2. The van der Waals surface area contributed by atoms with Crippen molar-refractivity contribution in [1.82, 2.24) is 10.6 Å². The van der Waals surface area contributed by atoms with Gasteiger partial charge in [0.15, 0.2) is 12.2 Å². The molecule has 0 unspecified atom stereocenters. The molecule has 6 atom stereocenters. The Hall–Kier alpha value is -4.10. The second-order valence-electron chi connectivity index (χ2n) is 11.4. The van der Waals surface area contributed by atoms with Crippen LogP contribution in [-0.2, 0) is 47.7 Å². The summed E-state index contributed by atoms with van der Waals surface area (Å²) in [5.41, 5.74) is 0.725. The monoisotopic (exact) mass is 644 g/mol. The van der Waals surface area contributed by atoms with Gasteiger partial charge in [-0.2, -0.15) is 0 Å². The zero-order chi connectivity index (χ0) is 33.5. The van der Waals surface area contributed by atoms with E-state index in [0.29, 0.717) is 25.7 Å². The highest BCUT2D eigenvalue weighted by Crippen LogP contribution is 2.40. The van der Waals surface area contributed by atoms with Crippen molar-refractivity contribution >= 4 is 35.8 Å². The van der Waals surface area contributed by atoms with E-state index in [1.165, 1.54) is 18.2 Å². The molecule has 0 aromatic carbocycles. The lowest BCUT2D eigenvalue weighted by Crippen LogP contribution is -2.44. The first-order valence-corrected chi connectivity index (χ1v) is 15.8. The summed E-state index contributed by atoms with van der Waals surface area (Å²) in [6.07, 6.45) is 10.3. The van der Waals surface area contributed by atoms with Gasteiger partial charge in [0.25, 0.3) is 11.8 Å². The van der Waals surface area contributed by atoms with Crippen LogP contribution in [0, 0.1) is 0 Å². The second kappa shape index (κ2) is 18.8. The van der Waals surface area contributed by atoms with E-state index in [4.69, 9.17) is 23.7 Å². The van der Waals surface area contributed by atoms with E-state index in [-0.39, 0.29) is 18.7 Å². The fourth-order valence-electron chi connectivity index (χ4n) is 5.10. The van der Waals surface area contributed by atoms with Crippen molar-refractivity contribution in [1.29, 1.82) is 0 Å². The first kappa shape index (κ1) is 36.4. The summed E-state index contributed by atoms with van der Waals surface area (Å²) in [5, 5.41) is 4.25. The molecular formula is C33H44N2O11. The number of hydrogen-bond acceptors (Lipinski definition) is 11. The number of carbonyl (C=O) groups is 6. The molecule has 2 saturated heterocycles. The van der Waals surface area contributed by atoms with Crippen molar-refractivity contribution in [3.05, 3.63) is 48.1 Å². The van der Waals surface area contributed by atoms with Gasteiger partial charge in [-0.05, 0) is 32.6 Å². The van der Waals surface area contributed by atoms with Crippen molar-refractivity contribution in [3.63, 3.8) is 0 Å². The van der Waals surface area contributed by atoms with E-state index in [9.17, 15) is 28.8 Å². The van der Waals surface area contributed by atoms with Crippen LogP contribution >= 0.6 is 0 Å². The largest absolute Gasteiger partial charge is 0.465 e. The van der Waals surface area contributed by atoms with Crippen LogP contribution in [0.3, 0.4) is 0 Å². The fourth-order valence-corrected chi connectivity index (χ4v) is 5.10. The van der Waals surface area contributed by atoms with Crippen molar-refractivity contribution in [2.24, 2.45) is 0 Å². The number of hydrogen-bond donors (Lipinski definition) is 2. The highest BCUT2D eigenvalue weighted by Gasteiger charge is 2.58. The third-order valence-corrected chi connectivity index (χ3v) is 7.40. The van der Waals surface area contributed by atoms with Crippen LogP contribution in [0.4, 0.5) is 4.79 Å². The van der Waals surface area contributed by atoms with E-state index in [0.717, 1.165) is 56.8 Å². The normalized spacial score (nSPS) is 29.2. The highest BCUT2D eigenvalue weighted by atomic mass is 16.7. The number of amides is 4. The van der Waals surface area contributed by atoms with Crippen LogP contribution in [-0.4, -0.2) is 79.0 Å². The Balaban J connectivity index is 1.73. The molecule has 13 nitrogen and oxygen atoms in total. The molecule has 252 valence electrons. The van der Waals surface area contributed by atoms with Gasteiger partial charge >= 0.3 is 18.0 Å². The smallest absolute Gasteiger partial charge is 0.414 e. The second-order valence-corrected chi connectivity index (χ2v) is 11.4. The van der Waals surface area contributed by atoms with Gasteiger partial charge in [0.2, 0.25) is 5.91 Å². The van der Waals surface area contributed by atoms with Gasteiger partial charge in [-0.1, -0.05) is 62.5 Å². The van der Waals surface area contributed by atoms with Gasteiger partial charge in [0.05, 0.1) is 12.7 Å². The van der Waals surface area contributed by atoms with Crippen molar-refractivity contribution < 1.29 is 52.5 Å². The van der Waals surface area contributed by atoms with Crippen molar-refractivity contribution in [3.8, 4) is 0 Å². The minimum atomic E-state index is -1.16. The number of rotatable bonds is 11. The summed E-state index contributed by atoms with van der Waals surface area (Å²) in [4.78, 5) is 73.0. The fraction of sp³-hybridized carbons (Fsp3) is 0.576. The zero-order valence-corrected chi connectivity index (χ0v) is 26.6. The Bertz CT molecular complexity index is 1240. The van der Waals surface area contributed by atoms with Gasteiger partial charge < -0.3 is 23.7 Å². The topological polar surface area (TPSA) is 176 Å². The van der Waals surface area contributed by atoms with E-state index < -0.39 is 60.3 Å². The van der Waals surface area contributed by atoms with Gasteiger partial charge in [0, 0.05) is 31.6 Å². The predicted molar refractivity (Wildman–Crippen MR) is 164 cm³/mol. The molecule has 0 aromatic heterocycles. The maximum absolute atomic E-state index is 12.8. The maximum Gasteiger partial charge on any atom is 0.414 e. The Morgan fingerprint density at radius 1 is 1.00 bits per heavy atom. The van der Waals surface area contributed by atoms with Crippen LogP contribution in [0.5, 0.6) is 0 Å². The number of allylic oxidation sites excluding steroid dienone is 3. The molecule has 46 heavy (non-hydrogen) atoms. The minimum Gasteiger partial charge on any atom is -0.465 e. The Morgan fingerprint density at radius 3 is 2.52 bits per heavy atom. The molecule has 4 amide bonds. The van der Waals surface area contributed by atoms with Crippen LogP contribution in [0.25, 0.3) is 0 Å². The van der Waals surface area contributed by atoms with Crippen LogP contribution in [0.2, 0.25) is 0 Å². The molecule has 13 heteroatoms. The van der Waals surface area contributed by atoms with E-state index in [2.05, 4.69) is 12.2 Å². The van der Waals surface area contributed by atoms with Crippen LogP contribution in [0.1, 0.15) is 78.6 Å². The number of esters is 2. The number of ether oxygens (including phenoxy) is 5. The summed E-state index contributed by atoms with van der Waals surface area (Å²) >= 11 is 0. The van der Waals surface area contributed by atoms with Gasteiger partial charge in [-0.3, -0.25) is 29.8 Å². The quantitative estimate of drug-likeness (QED) is 0.0842. The molecular weight excluding hydrogens is 600 g/mol. The molecule has 0 radical (unpaired) electrons. The molecule has 3 rings (SSSR count). The number of alkyl carbamates (subject to hydrolysis) is 1. The molecule has 3 heterocycles. The molecule has 0 aliphatic carbocycles. The van der Waals surface area contributed by atoms with E-state index in [1.807, 2.05) is 5.32 Å². The summed E-state index contributed by atoms with van der Waals surface area (Å²) in [5.74, 6) is -2.95. The minimum absolute atomic E-state index is 0.148. The maximum atomic E-state index is 12.8. The lowest BCUT2D eigenvalue weighted by molar-refractivity contribution is -0.150. The average molecular weight is 645 g/mol. The molecule has 0 bridgehead atoms. The number of carbonyl (C=O) groups excluding carboxylic acids is 6. The van der Waals surface area contributed by atoms with Crippen LogP contribution < -0.4 is 10.6 Å². The van der Waals surface area contributed by atoms with E-state index >= 15 is 0 Å². The third-order valence-electron chi connectivity index (χ3n) is 7.40. The Labute approximate surface area is 268 Å². The standard InChI is InChI=1S/C33H44N2O11/c1-4-5-6-7-8-15-27(39)42-19-12-11-13-23-30(46-33(41)34-22(3)36)32-31(44-23)29-24(43-29)18-17-21(2)20-26(38)35-25(37)14-9-10-16-28(40)45-32/h9-11,13-14,16,20,23-24,29-32H,4-8,12,15,17-19H2,1-3H3,(H,34,36,41)(H,35,37,38)/b13-11+,14-9+,16-10-,21-20-/t23-,24+,29-,30-,31+,32-/m0/s1. The lowest BCUT2D eigenvalue weighted by atomic mass is 10.0. The van der Waals surface area contributed by atoms with Crippen molar-refractivity contribution in [2.45, 2.75) is 115 Å². The molecule has 2 N–H and O–H groups in total. The average Bonchev–Trinajstić information content (AvgIpc) is 3.69. The predicted octanol–water partition coefficient (Wildman–Crippen LogP) is 3.42. The van der Waals surface area contributed by atoms with Crippen molar-refractivity contribution in [2.75, 3.05) is 6.61 Å². The number of unbranched alkanes of at least 4 members (excludes halogenated alkanes) is 4. The first-order valence-electron chi connectivity index (χ1n) is 15.8. The molecule has 0 spiro atoms. The number of fused-ring (bicyclic) bond motifs is 3. The van der Waals surface area contributed by atoms with Gasteiger partial charge in [-0.15, -0.1) is 0 Å².